The number of nitrogens with one attached hydrogen (secondary N) is 1. The Bertz CT molecular complexity index is 402. The lowest BCUT2D eigenvalue weighted by atomic mass is 10.1. The van der Waals surface area contributed by atoms with Crippen LogP contribution < -0.4 is 11.1 Å². The zero-order valence-corrected chi connectivity index (χ0v) is 9.16. The van der Waals surface area contributed by atoms with Crippen LogP contribution in [0.1, 0.15) is 13.8 Å². The third-order valence-electron chi connectivity index (χ3n) is 1.89. The monoisotopic (exact) mass is 227 g/mol. The Morgan fingerprint density at radius 2 is 2.19 bits per heavy atom. The van der Waals surface area contributed by atoms with Gasteiger partial charge < -0.3 is 11.1 Å². The summed E-state index contributed by atoms with van der Waals surface area (Å²) in [6.07, 6.45) is 0. The van der Waals surface area contributed by atoms with Gasteiger partial charge >= 0.3 is 0 Å². The van der Waals surface area contributed by atoms with Gasteiger partial charge in [0.1, 0.15) is 11.5 Å². The summed E-state index contributed by atoms with van der Waals surface area (Å²) >= 11 is 0. The number of nitrogens with two attached hydrogens (primary N) is 1. The van der Waals surface area contributed by atoms with Gasteiger partial charge in [-0.1, -0.05) is 0 Å². The summed E-state index contributed by atoms with van der Waals surface area (Å²) < 4.78 is 12.9. The second-order valence-corrected chi connectivity index (χ2v) is 4.26. The Hall–Kier alpha value is -1.69. The van der Waals surface area contributed by atoms with Crippen molar-refractivity contribution >= 4 is 11.4 Å². The molecule has 0 saturated carbocycles. The standard InChI is InChI=1S/C10H14FN3O2/c1-10(2,12)6-13-8-5-7(11)3-4-9(8)14(15)16/h3-5,13H,6,12H2,1-2H3. The Kier molecular flexibility index (Phi) is 3.44. The number of nitrogens with zero attached hydrogens (tertiary/aromatic N) is 1. The molecule has 0 unspecified atom stereocenters. The van der Waals surface area contributed by atoms with Crippen molar-refractivity contribution in [1.82, 2.24) is 0 Å². The van der Waals surface area contributed by atoms with Gasteiger partial charge in [-0.3, -0.25) is 10.1 Å². The number of nitro benzene ring substituents is 1. The number of benzene rings is 1. The molecule has 6 heteroatoms. The molecule has 1 aromatic rings. The molecule has 0 aliphatic carbocycles. The zero-order valence-electron chi connectivity index (χ0n) is 9.16. The van der Waals surface area contributed by atoms with E-state index in [1.807, 2.05) is 0 Å². The van der Waals surface area contributed by atoms with Crippen LogP contribution in [0.25, 0.3) is 0 Å². The summed E-state index contributed by atoms with van der Waals surface area (Å²) in [4.78, 5) is 10.1. The van der Waals surface area contributed by atoms with Gasteiger partial charge in [0.15, 0.2) is 0 Å². The van der Waals surface area contributed by atoms with E-state index in [2.05, 4.69) is 5.32 Å². The highest BCUT2D eigenvalue weighted by molar-refractivity contribution is 5.61. The second kappa shape index (κ2) is 4.44. The minimum Gasteiger partial charge on any atom is -0.378 e. The number of hydrogen-bond donors (Lipinski definition) is 2. The van der Waals surface area contributed by atoms with Gasteiger partial charge in [-0.2, -0.15) is 0 Å². The molecule has 0 saturated heterocycles. The first-order chi connectivity index (χ1) is 7.29. The van der Waals surface area contributed by atoms with Crippen molar-refractivity contribution in [3.63, 3.8) is 0 Å². The maximum atomic E-state index is 12.9. The zero-order chi connectivity index (χ0) is 12.3. The SMILES string of the molecule is CC(C)(N)CNc1cc(F)ccc1[N+](=O)[O-]. The van der Waals surface area contributed by atoms with Crippen LogP contribution in [0, 0.1) is 15.9 Å². The molecular formula is C10H14FN3O2. The second-order valence-electron chi connectivity index (χ2n) is 4.26. The summed E-state index contributed by atoms with van der Waals surface area (Å²) in [5.74, 6) is -0.525. The van der Waals surface area contributed by atoms with E-state index in [0.717, 1.165) is 18.2 Å². The number of hydrogen-bond acceptors (Lipinski definition) is 4. The summed E-state index contributed by atoms with van der Waals surface area (Å²) in [6, 6.07) is 3.27. The van der Waals surface area contributed by atoms with Crippen LogP contribution >= 0.6 is 0 Å². The molecule has 1 aromatic carbocycles. The fourth-order valence-electron chi connectivity index (χ4n) is 1.13. The van der Waals surface area contributed by atoms with Crippen molar-refractivity contribution in [2.45, 2.75) is 19.4 Å². The van der Waals surface area contributed by atoms with E-state index in [0.29, 0.717) is 6.54 Å². The van der Waals surface area contributed by atoms with Crippen LogP contribution in [0.2, 0.25) is 0 Å². The maximum Gasteiger partial charge on any atom is 0.292 e. The van der Waals surface area contributed by atoms with Crippen LogP contribution in [-0.2, 0) is 0 Å². The molecular weight excluding hydrogens is 213 g/mol. The van der Waals surface area contributed by atoms with Gasteiger partial charge in [-0.15, -0.1) is 0 Å². The van der Waals surface area contributed by atoms with E-state index in [9.17, 15) is 14.5 Å². The van der Waals surface area contributed by atoms with Crippen molar-refractivity contribution in [2.24, 2.45) is 5.73 Å². The van der Waals surface area contributed by atoms with Crippen LogP contribution in [-0.4, -0.2) is 17.0 Å². The quantitative estimate of drug-likeness (QED) is 0.607. The van der Waals surface area contributed by atoms with E-state index < -0.39 is 16.3 Å². The highest BCUT2D eigenvalue weighted by Gasteiger charge is 2.17. The molecule has 0 bridgehead atoms. The van der Waals surface area contributed by atoms with Crippen LogP contribution in [0.5, 0.6) is 0 Å². The number of halogens is 1. The normalized spacial score (nSPS) is 11.2. The van der Waals surface area contributed by atoms with E-state index in [4.69, 9.17) is 5.73 Å². The smallest absolute Gasteiger partial charge is 0.292 e. The molecule has 0 aromatic heterocycles. The molecule has 3 N–H and O–H groups in total. The van der Waals surface area contributed by atoms with Gasteiger partial charge in [0.2, 0.25) is 0 Å². The third-order valence-corrected chi connectivity index (χ3v) is 1.89. The van der Waals surface area contributed by atoms with Crippen molar-refractivity contribution < 1.29 is 9.31 Å². The molecule has 1 rings (SSSR count). The summed E-state index contributed by atoms with van der Waals surface area (Å²) in [5, 5.41) is 13.4. The Morgan fingerprint density at radius 3 is 2.69 bits per heavy atom. The predicted octanol–water partition coefficient (Wildman–Crippen LogP) is 1.88. The Labute approximate surface area is 92.6 Å². The highest BCUT2D eigenvalue weighted by Crippen LogP contribution is 2.25. The molecule has 88 valence electrons. The Balaban J connectivity index is 2.93. The molecule has 0 amide bonds. The lowest BCUT2D eigenvalue weighted by Gasteiger charge is -2.19. The third kappa shape index (κ3) is 3.47. The van der Waals surface area contributed by atoms with Gasteiger partial charge in [-0.25, -0.2) is 4.39 Å². The lowest BCUT2D eigenvalue weighted by molar-refractivity contribution is -0.384. The number of anilines is 1. The molecule has 0 spiro atoms. The van der Waals surface area contributed by atoms with Crippen LogP contribution in [0.3, 0.4) is 0 Å². The Morgan fingerprint density at radius 1 is 1.56 bits per heavy atom. The van der Waals surface area contributed by atoms with Crippen LogP contribution in [0.15, 0.2) is 18.2 Å². The number of rotatable bonds is 4. The van der Waals surface area contributed by atoms with E-state index in [1.54, 1.807) is 13.8 Å². The molecule has 16 heavy (non-hydrogen) atoms. The predicted molar refractivity (Wildman–Crippen MR) is 59.8 cm³/mol. The fourth-order valence-corrected chi connectivity index (χ4v) is 1.13. The molecule has 0 fully saturated rings. The largest absolute Gasteiger partial charge is 0.378 e. The van der Waals surface area contributed by atoms with Gasteiger partial charge in [0, 0.05) is 24.2 Å². The summed E-state index contributed by atoms with van der Waals surface area (Å²) in [5.41, 5.74) is 5.17. The average molecular weight is 227 g/mol. The van der Waals surface area contributed by atoms with Crippen LogP contribution in [0.4, 0.5) is 15.8 Å². The maximum absolute atomic E-state index is 12.9. The molecule has 0 atom stereocenters. The molecule has 0 aliphatic heterocycles. The number of nitro groups is 1. The first-order valence-electron chi connectivity index (χ1n) is 4.76. The van der Waals surface area contributed by atoms with Gasteiger partial charge in [0.05, 0.1) is 4.92 Å². The van der Waals surface area contributed by atoms with Crippen molar-refractivity contribution in [1.29, 1.82) is 0 Å². The van der Waals surface area contributed by atoms with Crippen molar-refractivity contribution in [3.05, 3.63) is 34.1 Å². The average Bonchev–Trinajstić information content (AvgIpc) is 2.13. The molecule has 0 heterocycles. The minimum atomic E-state index is -0.564. The van der Waals surface area contributed by atoms with Crippen molar-refractivity contribution in [2.75, 3.05) is 11.9 Å². The van der Waals surface area contributed by atoms with Crippen molar-refractivity contribution in [3.8, 4) is 0 Å². The molecule has 0 radical (unpaired) electrons. The van der Waals surface area contributed by atoms with Gasteiger partial charge in [-0.05, 0) is 19.9 Å². The first kappa shape index (κ1) is 12.4. The summed E-state index contributed by atoms with van der Waals surface area (Å²) in [6.45, 7) is 3.85. The molecule has 0 aliphatic rings. The van der Waals surface area contributed by atoms with E-state index >= 15 is 0 Å². The summed E-state index contributed by atoms with van der Waals surface area (Å²) in [7, 11) is 0. The minimum absolute atomic E-state index is 0.142. The van der Waals surface area contributed by atoms with E-state index in [-0.39, 0.29) is 11.4 Å². The lowest BCUT2D eigenvalue weighted by Crippen LogP contribution is -2.39. The van der Waals surface area contributed by atoms with Gasteiger partial charge in [0.25, 0.3) is 5.69 Å². The highest BCUT2D eigenvalue weighted by atomic mass is 19.1. The topological polar surface area (TPSA) is 81.2 Å². The first-order valence-corrected chi connectivity index (χ1v) is 4.76. The van der Waals surface area contributed by atoms with E-state index in [1.165, 1.54) is 0 Å². The molecule has 5 nitrogen and oxygen atoms in total. The fraction of sp³-hybridized carbons (Fsp3) is 0.400.